The molecular weight excluding hydrogens is 294 g/mol. The first-order chi connectivity index (χ1) is 11.7. The van der Waals surface area contributed by atoms with E-state index in [0.29, 0.717) is 5.92 Å². The highest BCUT2D eigenvalue weighted by molar-refractivity contribution is 5.87. The van der Waals surface area contributed by atoms with E-state index in [-0.39, 0.29) is 0 Å². The van der Waals surface area contributed by atoms with Gasteiger partial charge in [-0.05, 0) is 28.3 Å². The van der Waals surface area contributed by atoms with E-state index in [1.807, 2.05) is 6.07 Å². The second kappa shape index (κ2) is 7.98. The third-order valence-corrected chi connectivity index (χ3v) is 4.04. The van der Waals surface area contributed by atoms with Crippen molar-refractivity contribution in [3.63, 3.8) is 0 Å². The predicted octanol–water partition coefficient (Wildman–Crippen LogP) is 5.16. The lowest BCUT2D eigenvalue weighted by Crippen LogP contribution is -2.15. The summed E-state index contributed by atoms with van der Waals surface area (Å²) in [6.07, 6.45) is 0. The summed E-state index contributed by atoms with van der Waals surface area (Å²) in [6.45, 7) is 6.74. The number of rotatable bonds is 7. The second-order valence-electron chi connectivity index (χ2n) is 6.56. The van der Waals surface area contributed by atoms with Crippen LogP contribution in [-0.4, -0.2) is 6.61 Å². The lowest BCUT2D eigenvalue weighted by atomic mass is 10.0. The third kappa shape index (κ3) is 4.15. The van der Waals surface area contributed by atoms with Gasteiger partial charge in [0.05, 0.1) is 6.61 Å². The Hall–Kier alpha value is -2.32. The van der Waals surface area contributed by atoms with Crippen LogP contribution < -0.4 is 10.1 Å². The molecule has 0 aromatic heterocycles. The molecule has 0 atom stereocenters. The van der Waals surface area contributed by atoms with Gasteiger partial charge in [-0.2, -0.15) is 0 Å². The Balaban J connectivity index is 1.81. The average Bonchev–Trinajstić information content (AvgIpc) is 2.61. The lowest BCUT2D eigenvalue weighted by Gasteiger charge is -2.16. The fourth-order valence-electron chi connectivity index (χ4n) is 2.82. The first kappa shape index (κ1) is 16.5. The van der Waals surface area contributed by atoms with Gasteiger partial charge in [-0.1, -0.05) is 74.5 Å². The van der Waals surface area contributed by atoms with Gasteiger partial charge in [-0.15, -0.1) is 0 Å². The lowest BCUT2D eigenvalue weighted by molar-refractivity contribution is 0.268. The molecule has 0 aliphatic heterocycles. The van der Waals surface area contributed by atoms with Crippen LogP contribution in [0.3, 0.4) is 0 Å². The van der Waals surface area contributed by atoms with Crippen LogP contribution in [0, 0.1) is 5.92 Å². The van der Waals surface area contributed by atoms with Crippen molar-refractivity contribution in [2.45, 2.75) is 26.9 Å². The van der Waals surface area contributed by atoms with Crippen LogP contribution in [0.2, 0.25) is 0 Å². The zero-order chi connectivity index (χ0) is 16.8. The highest BCUT2D eigenvalue weighted by Gasteiger charge is 2.09. The summed E-state index contributed by atoms with van der Waals surface area (Å²) >= 11 is 0. The van der Waals surface area contributed by atoms with E-state index >= 15 is 0 Å². The zero-order valence-corrected chi connectivity index (χ0v) is 14.5. The second-order valence-corrected chi connectivity index (χ2v) is 6.56. The molecular formula is C22H25NO. The van der Waals surface area contributed by atoms with Crippen molar-refractivity contribution < 1.29 is 4.74 Å². The van der Waals surface area contributed by atoms with Crippen molar-refractivity contribution in [2.24, 2.45) is 5.92 Å². The molecule has 0 amide bonds. The molecule has 0 fully saturated rings. The number of benzene rings is 3. The summed E-state index contributed by atoms with van der Waals surface area (Å²) in [5.41, 5.74) is 2.53. The summed E-state index contributed by atoms with van der Waals surface area (Å²) in [4.78, 5) is 0. The van der Waals surface area contributed by atoms with Gasteiger partial charge in [0.15, 0.2) is 0 Å². The first-order valence-electron chi connectivity index (χ1n) is 8.62. The smallest absolute Gasteiger partial charge is 0.124 e. The van der Waals surface area contributed by atoms with E-state index in [0.717, 1.165) is 25.4 Å². The van der Waals surface area contributed by atoms with Crippen molar-refractivity contribution in [1.82, 2.24) is 5.32 Å². The standard InChI is InChI=1S/C22H25NO/c1-17(2)16-24-22-13-12-19-10-6-7-11-20(19)21(22)15-23-14-18-8-4-3-5-9-18/h3-13,17,23H,14-16H2,1-2H3. The van der Waals surface area contributed by atoms with Gasteiger partial charge in [-0.3, -0.25) is 0 Å². The van der Waals surface area contributed by atoms with Crippen molar-refractivity contribution in [3.8, 4) is 5.75 Å². The number of hydrogen-bond acceptors (Lipinski definition) is 2. The molecule has 0 radical (unpaired) electrons. The fraction of sp³-hybridized carbons (Fsp3) is 0.273. The Kier molecular flexibility index (Phi) is 5.50. The average molecular weight is 319 g/mol. The molecule has 0 aliphatic rings. The Morgan fingerprint density at radius 2 is 1.58 bits per heavy atom. The monoisotopic (exact) mass is 319 g/mol. The topological polar surface area (TPSA) is 21.3 Å². The molecule has 0 aliphatic carbocycles. The molecule has 24 heavy (non-hydrogen) atoms. The van der Waals surface area contributed by atoms with Gasteiger partial charge in [0.25, 0.3) is 0 Å². The minimum absolute atomic E-state index is 0.515. The van der Waals surface area contributed by atoms with Crippen LogP contribution >= 0.6 is 0 Å². The molecule has 3 rings (SSSR count). The Morgan fingerprint density at radius 3 is 2.38 bits per heavy atom. The van der Waals surface area contributed by atoms with E-state index in [4.69, 9.17) is 4.74 Å². The number of hydrogen-bond donors (Lipinski definition) is 1. The Bertz CT molecular complexity index is 780. The Morgan fingerprint density at radius 1 is 0.833 bits per heavy atom. The summed E-state index contributed by atoms with van der Waals surface area (Å²) in [5, 5.41) is 6.08. The van der Waals surface area contributed by atoms with Gasteiger partial charge < -0.3 is 10.1 Å². The van der Waals surface area contributed by atoms with Gasteiger partial charge in [0, 0.05) is 18.7 Å². The van der Waals surface area contributed by atoms with Crippen LogP contribution in [0.15, 0.2) is 66.7 Å². The molecule has 2 nitrogen and oxygen atoms in total. The molecule has 2 heteroatoms. The summed E-state index contributed by atoms with van der Waals surface area (Å²) in [6, 6.07) is 23.2. The van der Waals surface area contributed by atoms with Crippen molar-refractivity contribution >= 4 is 10.8 Å². The quantitative estimate of drug-likeness (QED) is 0.649. The molecule has 124 valence electrons. The first-order valence-corrected chi connectivity index (χ1v) is 8.62. The van der Waals surface area contributed by atoms with E-state index in [1.165, 1.54) is 21.9 Å². The minimum Gasteiger partial charge on any atom is -0.493 e. The molecule has 1 N–H and O–H groups in total. The molecule has 0 bridgehead atoms. The molecule has 3 aromatic carbocycles. The number of fused-ring (bicyclic) bond motifs is 1. The molecule has 0 unspecified atom stereocenters. The molecule has 0 saturated carbocycles. The van der Waals surface area contributed by atoms with Gasteiger partial charge in [0.1, 0.15) is 5.75 Å². The van der Waals surface area contributed by atoms with Crippen LogP contribution in [0.1, 0.15) is 25.0 Å². The fourth-order valence-corrected chi connectivity index (χ4v) is 2.82. The summed E-state index contributed by atoms with van der Waals surface area (Å²) < 4.78 is 6.07. The SMILES string of the molecule is CC(C)COc1ccc2ccccc2c1CNCc1ccccc1. The molecule has 0 saturated heterocycles. The van der Waals surface area contributed by atoms with Crippen LogP contribution in [0.5, 0.6) is 5.75 Å². The van der Waals surface area contributed by atoms with Crippen molar-refractivity contribution in [1.29, 1.82) is 0 Å². The highest BCUT2D eigenvalue weighted by Crippen LogP contribution is 2.28. The maximum absolute atomic E-state index is 6.07. The Labute approximate surface area is 144 Å². The van der Waals surface area contributed by atoms with Gasteiger partial charge in [0.2, 0.25) is 0 Å². The minimum atomic E-state index is 0.515. The zero-order valence-electron chi connectivity index (χ0n) is 14.5. The van der Waals surface area contributed by atoms with Crippen molar-refractivity contribution in [2.75, 3.05) is 6.61 Å². The van der Waals surface area contributed by atoms with Crippen LogP contribution in [0.4, 0.5) is 0 Å². The third-order valence-electron chi connectivity index (χ3n) is 4.04. The number of ether oxygens (including phenoxy) is 1. The maximum Gasteiger partial charge on any atom is 0.124 e. The van der Waals surface area contributed by atoms with E-state index in [9.17, 15) is 0 Å². The summed E-state index contributed by atoms with van der Waals surface area (Å²) in [7, 11) is 0. The molecule has 3 aromatic rings. The normalized spacial score (nSPS) is 11.1. The molecule has 0 heterocycles. The van der Waals surface area contributed by atoms with E-state index in [2.05, 4.69) is 79.8 Å². The van der Waals surface area contributed by atoms with Crippen LogP contribution in [-0.2, 0) is 13.1 Å². The molecule has 0 spiro atoms. The maximum atomic E-state index is 6.07. The highest BCUT2D eigenvalue weighted by atomic mass is 16.5. The number of nitrogens with one attached hydrogen (secondary N) is 1. The van der Waals surface area contributed by atoms with Gasteiger partial charge >= 0.3 is 0 Å². The van der Waals surface area contributed by atoms with E-state index < -0.39 is 0 Å². The predicted molar refractivity (Wildman–Crippen MR) is 101 cm³/mol. The van der Waals surface area contributed by atoms with E-state index in [1.54, 1.807) is 0 Å². The van der Waals surface area contributed by atoms with Crippen LogP contribution in [0.25, 0.3) is 10.8 Å². The summed E-state index contributed by atoms with van der Waals surface area (Å²) in [5.74, 6) is 1.50. The van der Waals surface area contributed by atoms with Crippen molar-refractivity contribution in [3.05, 3.63) is 77.9 Å². The van der Waals surface area contributed by atoms with Gasteiger partial charge in [-0.25, -0.2) is 0 Å². The largest absolute Gasteiger partial charge is 0.493 e.